The molecule has 0 aromatic heterocycles. The lowest BCUT2D eigenvalue weighted by molar-refractivity contribution is 0.284. The first kappa shape index (κ1) is 21.1. The first-order valence-corrected chi connectivity index (χ1v) is 9.71. The number of nitriles is 2. The van der Waals surface area contributed by atoms with Gasteiger partial charge in [-0.1, -0.05) is 52.3 Å². The Balaban J connectivity index is 1.93. The number of rotatable bonds is 6. The summed E-state index contributed by atoms with van der Waals surface area (Å²) in [4.78, 5) is 0. The molecule has 0 aliphatic carbocycles. The Morgan fingerprint density at radius 1 is 1.07 bits per heavy atom. The molecule has 0 unspecified atom stereocenters. The summed E-state index contributed by atoms with van der Waals surface area (Å²) in [6.07, 6.45) is 1.58. The van der Waals surface area contributed by atoms with Crippen molar-refractivity contribution in [3.8, 4) is 23.6 Å². The summed E-state index contributed by atoms with van der Waals surface area (Å²) < 4.78 is 26.0. The summed E-state index contributed by atoms with van der Waals surface area (Å²) in [6.45, 7) is 0.195. The van der Waals surface area contributed by atoms with Crippen LogP contribution in [-0.4, -0.2) is 7.11 Å². The third kappa shape index (κ3) is 4.68. The Kier molecular flexibility index (Phi) is 6.85. The smallest absolute Gasteiger partial charge is 0.162 e. The number of methoxy groups -OCH3 is 1. The highest BCUT2D eigenvalue weighted by molar-refractivity contribution is 9.10. The van der Waals surface area contributed by atoms with E-state index in [1.807, 2.05) is 18.2 Å². The van der Waals surface area contributed by atoms with Crippen molar-refractivity contribution in [2.75, 3.05) is 7.11 Å². The van der Waals surface area contributed by atoms with E-state index in [0.717, 1.165) is 5.56 Å². The molecule has 6 heteroatoms. The predicted molar refractivity (Wildman–Crippen MR) is 116 cm³/mol. The topological polar surface area (TPSA) is 66.0 Å². The highest BCUT2D eigenvalue weighted by Crippen LogP contribution is 2.36. The van der Waals surface area contributed by atoms with E-state index >= 15 is 0 Å². The van der Waals surface area contributed by atoms with Crippen molar-refractivity contribution in [1.29, 1.82) is 10.5 Å². The monoisotopic (exact) mass is 462 g/mol. The molecular formula is C24H16BrFN2O2. The fraction of sp³-hybridized carbons (Fsp3) is 0.0833. The van der Waals surface area contributed by atoms with Crippen LogP contribution in [0.4, 0.5) is 4.39 Å². The van der Waals surface area contributed by atoms with Crippen molar-refractivity contribution < 1.29 is 13.9 Å². The zero-order valence-corrected chi connectivity index (χ0v) is 17.6. The van der Waals surface area contributed by atoms with Crippen LogP contribution >= 0.6 is 15.9 Å². The van der Waals surface area contributed by atoms with Crippen LogP contribution < -0.4 is 9.47 Å². The van der Waals surface area contributed by atoms with Gasteiger partial charge in [0.2, 0.25) is 0 Å². The molecule has 0 saturated carbocycles. The number of halogens is 2. The van der Waals surface area contributed by atoms with Crippen molar-refractivity contribution in [3.63, 3.8) is 0 Å². The number of ether oxygens (including phenoxy) is 2. The fourth-order valence-corrected chi connectivity index (χ4v) is 3.29. The quantitative estimate of drug-likeness (QED) is 0.327. The summed E-state index contributed by atoms with van der Waals surface area (Å²) in [6, 6.07) is 20.9. The molecule has 3 rings (SSSR count). The molecule has 3 aromatic rings. The van der Waals surface area contributed by atoms with Gasteiger partial charge in [-0.15, -0.1) is 0 Å². The first-order valence-electron chi connectivity index (χ1n) is 8.92. The van der Waals surface area contributed by atoms with Crippen LogP contribution in [0.1, 0.15) is 22.3 Å². The van der Waals surface area contributed by atoms with Crippen LogP contribution in [0.3, 0.4) is 0 Å². The number of nitrogens with zero attached hydrogens (tertiary/aromatic N) is 2. The molecule has 0 spiro atoms. The van der Waals surface area contributed by atoms with E-state index in [9.17, 15) is 14.9 Å². The molecule has 30 heavy (non-hydrogen) atoms. The van der Waals surface area contributed by atoms with E-state index in [2.05, 4.69) is 22.0 Å². The first-order chi connectivity index (χ1) is 14.6. The second kappa shape index (κ2) is 9.73. The van der Waals surface area contributed by atoms with Crippen molar-refractivity contribution in [1.82, 2.24) is 0 Å². The predicted octanol–water partition coefficient (Wildman–Crippen LogP) is 6.11. The zero-order chi connectivity index (χ0) is 21.5. The number of allylic oxidation sites excluding steroid dienone is 1. The van der Waals surface area contributed by atoms with Gasteiger partial charge in [0.05, 0.1) is 30.4 Å². The van der Waals surface area contributed by atoms with Gasteiger partial charge in [-0.05, 0) is 35.9 Å². The molecule has 0 radical (unpaired) electrons. The van der Waals surface area contributed by atoms with Crippen LogP contribution in [0, 0.1) is 28.5 Å². The summed E-state index contributed by atoms with van der Waals surface area (Å²) in [7, 11) is 1.51. The maximum atomic E-state index is 14.1. The number of hydrogen-bond acceptors (Lipinski definition) is 4. The summed E-state index contributed by atoms with van der Waals surface area (Å²) in [5, 5.41) is 18.7. The Bertz CT molecular complexity index is 1190. The van der Waals surface area contributed by atoms with Gasteiger partial charge in [-0.2, -0.15) is 10.5 Å². The minimum absolute atomic E-state index is 0.187. The standard InChI is InChI=1S/C24H16BrFN2O2/c1-29-23-11-18(10-19(14-28)20-8-4-5-9-22(20)26)21(25)12-24(23)30-15-17-7-3-2-6-16(17)13-27/h2-12H,15H2,1H3/b19-10-. The average Bonchev–Trinajstić information content (AvgIpc) is 2.77. The van der Waals surface area contributed by atoms with E-state index in [-0.39, 0.29) is 17.7 Å². The van der Waals surface area contributed by atoms with Gasteiger partial charge in [0.25, 0.3) is 0 Å². The lowest BCUT2D eigenvalue weighted by Gasteiger charge is -2.14. The Morgan fingerprint density at radius 3 is 2.50 bits per heavy atom. The second-order valence-electron chi connectivity index (χ2n) is 6.23. The largest absolute Gasteiger partial charge is 0.493 e. The molecule has 0 heterocycles. The minimum atomic E-state index is -0.468. The van der Waals surface area contributed by atoms with E-state index in [1.54, 1.807) is 48.5 Å². The van der Waals surface area contributed by atoms with Gasteiger partial charge in [-0.3, -0.25) is 0 Å². The van der Waals surface area contributed by atoms with Crippen LogP contribution in [0.2, 0.25) is 0 Å². The highest BCUT2D eigenvalue weighted by Gasteiger charge is 2.13. The maximum Gasteiger partial charge on any atom is 0.162 e. The summed E-state index contributed by atoms with van der Waals surface area (Å²) in [5.74, 6) is 0.452. The zero-order valence-electron chi connectivity index (χ0n) is 16.0. The van der Waals surface area contributed by atoms with Crippen molar-refractivity contribution >= 4 is 27.6 Å². The molecule has 0 amide bonds. The second-order valence-corrected chi connectivity index (χ2v) is 7.09. The van der Waals surface area contributed by atoms with E-state index in [4.69, 9.17) is 9.47 Å². The Labute approximate surface area is 182 Å². The van der Waals surface area contributed by atoms with Crippen molar-refractivity contribution in [2.45, 2.75) is 6.61 Å². The van der Waals surface area contributed by atoms with Gasteiger partial charge in [0.1, 0.15) is 12.4 Å². The molecule has 0 saturated heterocycles. The molecular weight excluding hydrogens is 447 g/mol. The lowest BCUT2D eigenvalue weighted by atomic mass is 10.0. The van der Waals surface area contributed by atoms with E-state index in [1.165, 1.54) is 13.2 Å². The molecule has 0 aliphatic heterocycles. The SMILES string of the molecule is COc1cc(/C=C(/C#N)c2ccccc2F)c(Br)cc1OCc1ccccc1C#N. The van der Waals surface area contributed by atoms with Gasteiger partial charge in [0.15, 0.2) is 11.5 Å². The maximum absolute atomic E-state index is 14.1. The molecule has 0 N–H and O–H groups in total. The van der Waals surface area contributed by atoms with Crippen LogP contribution in [-0.2, 0) is 6.61 Å². The van der Waals surface area contributed by atoms with Crippen molar-refractivity contribution in [3.05, 3.63) is 93.2 Å². The summed E-state index contributed by atoms with van der Waals surface area (Å²) >= 11 is 3.48. The van der Waals surface area contributed by atoms with Gasteiger partial charge in [0, 0.05) is 15.6 Å². The number of hydrogen-bond donors (Lipinski definition) is 0. The molecule has 4 nitrogen and oxygen atoms in total. The molecule has 0 bridgehead atoms. The lowest BCUT2D eigenvalue weighted by Crippen LogP contribution is -2.00. The van der Waals surface area contributed by atoms with Gasteiger partial charge >= 0.3 is 0 Å². The van der Waals surface area contributed by atoms with E-state index in [0.29, 0.717) is 27.1 Å². The van der Waals surface area contributed by atoms with Crippen LogP contribution in [0.25, 0.3) is 11.6 Å². The normalized spacial score (nSPS) is 10.8. The third-order valence-corrected chi connectivity index (χ3v) is 5.08. The van der Waals surface area contributed by atoms with Crippen molar-refractivity contribution in [2.24, 2.45) is 0 Å². The third-order valence-electron chi connectivity index (χ3n) is 4.39. The van der Waals surface area contributed by atoms with Gasteiger partial charge in [-0.25, -0.2) is 4.39 Å². The highest BCUT2D eigenvalue weighted by atomic mass is 79.9. The Morgan fingerprint density at radius 2 is 1.80 bits per heavy atom. The van der Waals surface area contributed by atoms with Crippen LogP contribution in [0.15, 0.2) is 65.1 Å². The van der Waals surface area contributed by atoms with E-state index < -0.39 is 5.82 Å². The molecule has 0 fully saturated rings. The molecule has 3 aromatic carbocycles. The molecule has 0 atom stereocenters. The number of benzene rings is 3. The Hall–Kier alpha value is -3.61. The van der Waals surface area contributed by atoms with Gasteiger partial charge < -0.3 is 9.47 Å². The van der Waals surface area contributed by atoms with Crippen LogP contribution in [0.5, 0.6) is 11.5 Å². The molecule has 148 valence electrons. The fourth-order valence-electron chi connectivity index (χ4n) is 2.85. The molecule has 0 aliphatic rings. The minimum Gasteiger partial charge on any atom is -0.493 e. The summed E-state index contributed by atoms with van der Waals surface area (Å²) in [5.41, 5.74) is 2.34. The average molecular weight is 463 g/mol.